The van der Waals surface area contributed by atoms with Crippen LogP contribution in [0.3, 0.4) is 0 Å². The molecule has 1 N–H and O–H groups in total. The van der Waals surface area contributed by atoms with Gasteiger partial charge in [0.1, 0.15) is 5.75 Å². The highest BCUT2D eigenvalue weighted by atomic mass is 16.5. The number of nitrogens with zero attached hydrogens (tertiary/aromatic N) is 2. The van der Waals surface area contributed by atoms with Crippen molar-refractivity contribution in [2.75, 3.05) is 43.1 Å². The van der Waals surface area contributed by atoms with Gasteiger partial charge in [-0.25, -0.2) is 0 Å². The highest BCUT2D eigenvalue weighted by Crippen LogP contribution is 2.38. The van der Waals surface area contributed by atoms with Crippen LogP contribution in [0.1, 0.15) is 11.1 Å². The molecule has 3 aromatic rings. The molecule has 0 radical (unpaired) electrons. The Labute approximate surface area is 196 Å². The Morgan fingerprint density at radius 2 is 1.76 bits per heavy atom. The summed E-state index contributed by atoms with van der Waals surface area (Å²) >= 11 is 0. The van der Waals surface area contributed by atoms with E-state index in [0.29, 0.717) is 6.54 Å². The lowest BCUT2D eigenvalue weighted by atomic mass is 9.83. The van der Waals surface area contributed by atoms with E-state index in [0.717, 1.165) is 38.2 Å². The van der Waals surface area contributed by atoms with Crippen LogP contribution in [0.2, 0.25) is 0 Å². The molecule has 0 saturated carbocycles. The minimum Gasteiger partial charge on any atom is -0.497 e. The van der Waals surface area contributed by atoms with Gasteiger partial charge in [-0.1, -0.05) is 54.6 Å². The fraction of sp³-hybridized carbons (Fsp3) is 0.321. The van der Waals surface area contributed by atoms with E-state index in [1.165, 1.54) is 22.5 Å². The predicted molar refractivity (Wildman–Crippen MR) is 133 cm³/mol. The molecule has 0 bridgehead atoms. The van der Waals surface area contributed by atoms with E-state index in [4.69, 9.17) is 4.74 Å². The van der Waals surface area contributed by atoms with E-state index in [1.54, 1.807) is 7.11 Å². The zero-order valence-corrected chi connectivity index (χ0v) is 19.1. The van der Waals surface area contributed by atoms with Crippen molar-refractivity contribution in [2.45, 2.75) is 18.9 Å². The molecule has 0 unspecified atom stereocenters. The average Bonchev–Trinajstić information content (AvgIpc) is 2.88. The third-order valence-electron chi connectivity index (χ3n) is 6.94. The Morgan fingerprint density at radius 1 is 1.00 bits per heavy atom. The fourth-order valence-corrected chi connectivity index (χ4v) is 5.18. The minimum absolute atomic E-state index is 0.0896. The van der Waals surface area contributed by atoms with Gasteiger partial charge >= 0.3 is 0 Å². The lowest BCUT2D eigenvalue weighted by Crippen LogP contribution is -2.61. The summed E-state index contributed by atoms with van der Waals surface area (Å²) in [5.41, 5.74) is 4.90. The molecule has 0 spiro atoms. The number of amides is 1. The van der Waals surface area contributed by atoms with E-state index < -0.39 is 0 Å². The molecule has 5 rings (SSSR count). The molecule has 3 aromatic carbocycles. The van der Waals surface area contributed by atoms with Crippen LogP contribution < -0.4 is 19.9 Å². The topological polar surface area (TPSA) is 44.8 Å². The highest BCUT2D eigenvalue weighted by Gasteiger charge is 2.41. The average molecular weight is 442 g/mol. The van der Waals surface area contributed by atoms with Crippen molar-refractivity contribution in [3.63, 3.8) is 0 Å². The molecule has 0 aliphatic carbocycles. The van der Waals surface area contributed by atoms with Gasteiger partial charge in [0.25, 0.3) is 0 Å². The summed E-state index contributed by atoms with van der Waals surface area (Å²) in [6.07, 6.45) is 1.60. The van der Waals surface area contributed by atoms with Crippen LogP contribution >= 0.6 is 0 Å². The monoisotopic (exact) mass is 441 g/mol. The largest absolute Gasteiger partial charge is 0.497 e. The Kier molecular flexibility index (Phi) is 6.20. The zero-order valence-electron chi connectivity index (χ0n) is 19.1. The number of anilines is 2. The summed E-state index contributed by atoms with van der Waals surface area (Å²) in [6.45, 7) is 3.30. The van der Waals surface area contributed by atoms with Crippen molar-refractivity contribution in [1.29, 1.82) is 0 Å². The maximum absolute atomic E-state index is 13.4. The number of carbonyl (C=O) groups excluding carboxylic acids is 1. The number of hydrogen-bond acceptors (Lipinski definition) is 4. The summed E-state index contributed by atoms with van der Waals surface area (Å²) in [6, 6.07) is 27.2. The number of rotatable bonds is 6. The summed E-state index contributed by atoms with van der Waals surface area (Å²) < 4.78 is 5.50. The van der Waals surface area contributed by atoms with Crippen LogP contribution in [0, 0.1) is 5.92 Å². The van der Waals surface area contributed by atoms with Gasteiger partial charge in [0.15, 0.2) is 0 Å². The molecule has 2 atom stereocenters. The van der Waals surface area contributed by atoms with Gasteiger partial charge in [0, 0.05) is 43.6 Å². The lowest BCUT2D eigenvalue weighted by molar-refractivity contribution is -0.125. The van der Waals surface area contributed by atoms with E-state index in [-0.39, 0.29) is 17.9 Å². The van der Waals surface area contributed by atoms with Gasteiger partial charge in [-0.2, -0.15) is 0 Å². The van der Waals surface area contributed by atoms with Crippen molar-refractivity contribution in [3.8, 4) is 5.75 Å². The van der Waals surface area contributed by atoms with E-state index in [2.05, 4.69) is 63.6 Å². The van der Waals surface area contributed by atoms with Crippen LogP contribution in [0.5, 0.6) is 5.75 Å². The third-order valence-corrected chi connectivity index (χ3v) is 6.94. The number of ether oxygens (including phenoxy) is 1. The first-order valence-corrected chi connectivity index (χ1v) is 11.8. The van der Waals surface area contributed by atoms with E-state index in [1.807, 2.05) is 30.3 Å². The molecule has 33 heavy (non-hydrogen) atoms. The zero-order chi connectivity index (χ0) is 22.6. The first-order chi connectivity index (χ1) is 16.2. The minimum atomic E-state index is -0.0896. The van der Waals surface area contributed by atoms with Gasteiger partial charge in [0.2, 0.25) is 5.91 Å². The van der Waals surface area contributed by atoms with E-state index >= 15 is 0 Å². The molecule has 5 heteroatoms. The molecule has 1 saturated heterocycles. The molecule has 2 heterocycles. The standard InChI is InChI=1S/C28H31N3O2/c1-33-24-13-12-22-18-25(28(32)29-15-14-21-8-4-2-5-9-21)27-20-30(23-10-6-3-7-11-23)16-17-31(27)26(22)19-24/h2-13,19,25,27H,14-18,20H2,1H3,(H,29,32)/t25-,27-/m1/s1. The summed E-state index contributed by atoms with van der Waals surface area (Å²) in [5, 5.41) is 3.23. The van der Waals surface area contributed by atoms with Crippen LogP contribution in [-0.2, 0) is 17.6 Å². The Balaban J connectivity index is 1.37. The maximum atomic E-state index is 13.4. The fourth-order valence-electron chi connectivity index (χ4n) is 5.18. The van der Waals surface area contributed by atoms with Gasteiger partial charge in [-0.3, -0.25) is 4.79 Å². The van der Waals surface area contributed by atoms with Gasteiger partial charge in [-0.05, 0) is 42.2 Å². The van der Waals surface area contributed by atoms with Crippen LogP contribution in [0.25, 0.3) is 0 Å². The smallest absolute Gasteiger partial charge is 0.225 e. The SMILES string of the molecule is COc1ccc2c(c1)N1CCN(c3ccccc3)C[C@@H]1[C@H](C(=O)NCCc1ccccc1)C2. The van der Waals surface area contributed by atoms with Crippen molar-refractivity contribution in [1.82, 2.24) is 5.32 Å². The normalized spacial score (nSPS) is 19.4. The van der Waals surface area contributed by atoms with Gasteiger partial charge in [-0.15, -0.1) is 0 Å². The molecule has 5 nitrogen and oxygen atoms in total. The molecule has 1 amide bonds. The number of fused-ring (bicyclic) bond motifs is 3. The second-order valence-corrected chi connectivity index (χ2v) is 8.87. The first-order valence-electron chi connectivity index (χ1n) is 11.8. The molecule has 1 fully saturated rings. The molecule has 170 valence electrons. The summed E-state index contributed by atoms with van der Waals surface area (Å²) in [7, 11) is 1.71. The number of methoxy groups -OCH3 is 1. The quantitative estimate of drug-likeness (QED) is 0.630. The predicted octanol–water partition coefficient (Wildman–Crippen LogP) is 3.92. The second kappa shape index (κ2) is 9.57. The summed E-state index contributed by atoms with van der Waals surface area (Å²) in [4.78, 5) is 18.3. The van der Waals surface area contributed by atoms with Gasteiger partial charge < -0.3 is 19.9 Å². The number of carbonyl (C=O) groups is 1. The number of para-hydroxylation sites is 1. The van der Waals surface area contributed by atoms with E-state index in [9.17, 15) is 4.79 Å². The molecular weight excluding hydrogens is 410 g/mol. The number of nitrogens with one attached hydrogen (secondary N) is 1. The number of piperazine rings is 1. The Hall–Kier alpha value is -3.47. The summed E-state index contributed by atoms with van der Waals surface area (Å²) in [5.74, 6) is 0.925. The van der Waals surface area contributed by atoms with Crippen LogP contribution in [0.15, 0.2) is 78.9 Å². The molecule has 2 aliphatic rings. The lowest BCUT2D eigenvalue weighted by Gasteiger charge is -2.49. The molecular formula is C28H31N3O2. The Bertz CT molecular complexity index is 1090. The first kappa shape index (κ1) is 21.4. The second-order valence-electron chi connectivity index (χ2n) is 8.87. The number of hydrogen-bond donors (Lipinski definition) is 1. The van der Waals surface area contributed by atoms with Crippen molar-refractivity contribution < 1.29 is 9.53 Å². The molecule has 0 aromatic heterocycles. The molecule has 2 aliphatic heterocycles. The van der Waals surface area contributed by atoms with Crippen molar-refractivity contribution in [2.24, 2.45) is 5.92 Å². The number of benzene rings is 3. The highest BCUT2D eigenvalue weighted by molar-refractivity contribution is 5.82. The van der Waals surface area contributed by atoms with Crippen molar-refractivity contribution in [3.05, 3.63) is 90.0 Å². The van der Waals surface area contributed by atoms with Crippen molar-refractivity contribution >= 4 is 17.3 Å². The third kappa shape index (κ3) is 4.54. The van der Waals surface area contributed by atoms with Crippen LogP contribution in [-0.4, -0.2) is 45.2 Å². The maximum Gasteiger partial charge on any atom is 0.225 e. The van der Waals surface area contributed by atoms with Gasteiger partial charge in [0.05, 0.1) is 19.1 Å². The van der Waals surface area contributed by atoms with Crippen LogP contribution in [0.4, 0.5) is 11.4 Å². The Morgan fingerprint density at radius 3 is 2.52 bits per heavy atom.